The summed E-state index contributed by atoms with van der Waals surface area (Å²) in [6.45, 7) is 0.804. The number of aromatic carboxylic acids is 1. The van der Waals surface area contributed by atoms with Gasteiger partial charge in [-0.05, 0) is 24.1 Å². The number of nitrogens with one attached hydrogen (secondary N) is 1. The highest BCUT2D eigenvalue weighted by atomic mass is 32.2. The number of rotatable bonds is 10. The predicted octanol–water partition coefficient (Wildman–Crippen LogP) is 0.203. The van der Waals surface area contributed by atoms with Crippen molar-refractivity contribution in [3.05, 3.63) is 35.4 Å². The van der Waals surface area contributed by atoms with Crippen molar-refractivity contribution in [1.29, 1.82) is 0 Å². The lowest BCUT2D eigenvalue weighted by Crippen LogP contribution is -2.27. The molecule has 0 radical (unpaired) electrons. The summed E-state index contributed by atoms with van der Waals surface area (Å²) in [6.07, 6.45) is 0.511. The fourth-order valence-corrected chi connectivity index (χ4v) is 2.77. The van der Waals surface area contributed by atoms with E-state index in [0.29, 0.717) is 18.6 Å². The Balaban J connectivity index is 2.39. The number of aliphatic hydroxyl groups excluding tert-OH is 1. The molecule has 0 aliphatic rings. The van der Waals surface area contributed by atoms with E-state index in [-0.39, 0.29) is 31.1 Å². The van der Waals surface area contributed by atoms with Crippen LogP contribution in [0.5, 0.6) is 0 Å². The molecule has 1 rings (SSSR count). The van der Waals surface area contributed by atoms with E-state index in [1.807, 2.05) is 0 Å². The molecule has 0 aliphatic carbocycles. The molecule has 3 N–H and O–H groups in total. The van der Waals surface area contributed by atoms with Gasteiger partial charge in [0.05, 0.1) is 24.5 Å². The zero-order chi connectivity index (χ0) is 15.7. The molecule has 7 nitrogen and oxygen atoms in total. The molecule has 0 unspecified atom stereocenters. The molecular formula is C13H19NO6S. The smallest absolute Gasteiger partial charge is 0.335 e. The van der Waals surface area contributed by atoms with Gasteiger partial charge in [-0.2, -0.15) is 0 Å². The SMILES string of the molecule is O=C(O)c1ccc(CS(=O)(=O)NCCCOCCO)cc1. The molecule has 0 aromatic heterocycles. The van der Waals surface area contributed by atoms with Crippen LogP contribution >= 0.6 is 0 Å². The Morgan fingerprint density at radius 1 is 1.19 bits per heavy atom. The average molecular weight is 317 g/mol. The average Bonchev–Trinajstić information content (AvgIpc) is 2.43. The van der Waals surface area contributed by atoms with Crippen molar-refractivity contribution < 1.29 is 28.2 Å². The third-order valence-corrected chi connectivity index (χ3v) is 3.94. The van der Waals surface area contributed by atoms with Gasteiger partial charge >= 0.3 is 5.97 Å². The Hall–Kier alpha value is -1.48. The minimum Gasteiger partial charge on any atom is -0.478 e. The normalized spacial score (nSPS) is 11.5. The number of hydrogen-bond acceptors (Lipinski definition) is 5. The van der Waals surface area contributed by atoms with Crippen LogP contribution in [0.1, 0.15) is 22.3 Å². The summed E-state index contributed by atoms with van der Waals surface area (Å²) < 4.78 is 31.0. The highest BCUT2D eigenvalue weighted by molar-refractivity contribution is 7.88. The molecule has 0 amide bonds. The Bertz CT molecular complexity index is 540. The van der Waals surface area contributed by atoms with Gasteiger partial charge in [-0.15, -0.1) is 0 Å². The molecule has 0 fully saturated rings. The van der Waals surface area contributed by atoms with E-state index in [4.69, 9.17) is 14.9 Å². The summed E-state index contributed by atoms with van der Waals surface area (Å²) >= 11 is 0. The summed E-state index contributed by atoms with van der Waals surface area (Å²) in [5.41, 5.74) is 0.633. The third kappa shape index (κ3) is 7.19. The van der Waals surface area contributed by atoms with Crippen molar-refractivity contribution >= 4 is 16.0 Å². The van der Waals surface area contributed by atoms with Crippen molar-refractivity contribution in [2.45, 2.75) is 12.2 Å². The Labute approximate surface area is 123 Å². The number of carbonyl (C=O) groups is 1. The first-order valence-corrected chi connectivity index (χ1v) is 8.08. The molecule has 1 aromatic carbocycles. The fourth-order valence-electron chi connectivity index (χ4n) is 1.58. The third-order valence-electron chi connectivity index (χ3n) is 2.58. The molecule has 0 atom stereocenters. The lowest BCUT2D eigenvalue weighted by molar-refractivity contribution is 0.0697. The van der Waals surface area contributed by atoms with E-state index in [1.165, 1.54) is 24.3 Å². The molecule has 21 heavy (non-hydrogen) atoms. The van der Waals surface area contributed by atoms with E-state index < -0.39 is 16.0 Å². The molecule has 0 spiro atoms. The van der Waals surface area contributed by atoms with Crippen LogP contribution in [0, 0.1) is 0 Å². The van der Waals surface area contributed by atoms with Gasteiger partial charge in [0.2, 0.25) is 10.0 Å². The molecule has 0 aliphatic heterocycles. The van der Waals surface area contributed by atoms with E-state index >= 15 is 0 Å². The summed E-state index contributed by atoms with van der Waals surface area (Å²) in [5.74, 6) is -1.25. The number of ether oxygens (including phenoxy) is 1. The molecule has 1 aromatic rings. The first-order valence-electron chi connectivity index (χ1n) is 6.43. The van der Waals surface area contributed by atoms with Crippen molar-refractivity contribution in [3.63, 3.8) is 0 Å². The number of aliphatic hydroxyl groups is 1. The summed E-state index contributed by atoms with van der Waals surface area (Å²) in [5, 5.41) is 17.3. The van der Waals surface area contributed by atoms with Gasteiger partial charge in [-0.1, -0.05) is 12.1 Å². The number of carboxylic acids is 1. The van der Waals surface area contributed by atoms with Crippen LogP contribution in [0.3, 0.4) is 0 Å². The number of benzene rings is 1. The molecule has 0 saturated carbocycles. The second kappa shape index (κ2) is 8.73. The zero-order valence-corrected chi connectivity index (χ0v) is 12.3. The first kappa shape index (κ1) is 17.6. The highest BCUT2D eigenvalue weighted by Crippen LogP contribution is 2.08. The lowest BCUT2D eigenvalue weighted by atomic mass is 10.1. The zero-order valence-electron chi connectivity index (χ0n) is 11.5. The van der Waals surface area contributed by atoms with Gasteiger partial charge < -0.3 is 14.9 Å². The van der Waals surface area contributed by atoms with E-state index in [9.17, 15) is 13.2 Å². The van der Waals surface area contributed by atoms with Gasteiger partial charge in [0, 0.05) is 13.2 Å². The van der Waals surface area contributed by atoms with Gasteiger partial charge in [0.1, 0.15) is 0 Å². The minimum absolute atomic E-state index is 0.0575. The minimum atomic E-state index is -3.46. The molecule has 8 heteroatoms. The number of sulfonamides is 1. The fraction of sp³-hybridized carbons (Fsp3) is 0.462. The van der Waals surface area contributed by atoms with Gasteiger partial charge in [0.15, 0.2) is 0 Å². The second-order valence-electron chi connectivity index (χ2n) is 4.35. The van der Waals surface area contributed by atoms with Crippen molar-refractivity contribution in [2.75, 3.05) is 26.4 Å². The Morgan fingerprint density at radius 2 is 1.86 bits per heavy atom. The lowest BCUT2D eigenvalue weighted by Gasteiger charge is -2.07. The van der Waals surface area contributed by atoms with Crippen LogP contribution in [0.15, 0.2) is 24.3 Å². The van der Waals surface area contributed by atoms with Crippen LogP contribution in [0.4, 0.5) is 0 Å². The van der Waals surface area contributed by atoms with Crippen molar-refractivity contribution in [3.8, 4) is 0 Å². The molecule has 0 bridgehead atoms. The predicted molar refractivity (Wildman–Crippen MR) is 76.5 cm³/mol. The van der Waals surface area contributed by atoms with E-state index in [2.05, 4.69) is 4.72 Å². The maximum atomic E-state index is 11.8. The first-order chi connectivity index (χ1) is 9.94. The van der Waals surface area contributed by atoms with E-state index in [0.717, 1.165) is 0 Å². The van der Waals surface area contributed by atoms with Crippen LogP contribution < -0.4 is 4.72 Å². The molecule has 0 saturated heterocycles. The van der Waals surface area contributed by atoms with Crippen LogP contribution in [0.2, 0.25) is 0 Å². The summed E-state index contributed by atoms with van der Waals surface area (Å²) in [4.78, 5) is 10.7. The maximum Gasteiger partial charge on any atom is 0.335 e. The largest absolute Gasteiger partial charge is 0.478 e. The van der Waals surface area contributed by atoms with Gasteiger partial charge in [0.25, 0.3) is 0 Å². The number of carboxylic acid groups (broad SMARTS) is 1. The van der Waals surface area contributed by atoms with Crippen LogP contribution in [-0.4, -0.2) is 51.0 Å². The van der Waals surface area contributed by atoms with Crippen LogP contribution in [0.25, 0.3) is 0 Å². The second-order valence-corrected chi connectivity index (χ2v) is 6.15. The summed E-state index contributed by atoms with van der Waals surface area (Å²) in [7, 11) is -3.46. The molecule has 0 heterocycles. The van der Waals surface area contributed by atoms with Crippen LogP contribution in [-0.2, 0) is 20.5 Å². The highest BCUT2D eigenvalue weighted by Gasteiger charge is 2.11. The van der Waals surface area contributed by atoms with E-state index in [1.54, 1.807) is 0 Å². The standard InChI is InChI=1S/C13H19NO6S/c15-7-9-20-8-1-6-14-21(18,19)10-11-2-4-12(5-3-11)13(16)17/h2-5,14-15H,1,6-10H2,(H,16,17). The molecular weight excluding hydrogens is 298 g/mol. The van der Waals surface area contributed by atoms with Gasteiger partial charge in [-0.3, -0.25) is 0 Å². The summed E-state index contributed by atoms with van der Waals surface area (Å²) in [6, 6.07) is 5.70. The molecule has 118 valence electrons. The monoisotopic (exact) mass is 317 g/mol. The Kier molecular flexibility index (Phi) is 7.30. The topological polar surface area (TPSA) is 113 Å². The number of hydrogen-bond donors (Lipinski definition) is 3. The van der Waals surface area contributed by atoms with Crippen molar-refractivity contribution in [1.82, 2.24) is 4.72 Å². The Morgan fingerprint density at radius 3 is 2.43 bits per heavy atom. The maximum absolute atomic E-state index is 11.8. The quantitative estimate of drug-likeness (QED) is 0.531. The van der Waals surface area contributed by atoms with Gasteiger partial charge in [-0.25, -0.2) is 17.9 Å². The van der Waals surface area contributed by atoms with Crippen molar-refractivity contribution in [2.24, 2.45) is 0 Å².